The van der Waals surface area contributed by atoms with Crippen LogP contribution < -0.4 is 5.32 Å². The summed E-state index contributed by atoms with van der Waals surface area (Å²) in [6.45, 7) is 6.01. The predicted molar refractivity (Wildman–Crippen MR) is 105 cm³/mol. The normalized spacial score (nSPS) is 19.3. The molecule has 0 aromatic heterocycles. The van der Waals surface area contributed by atoms with E-state index in [0.717, 1.165) is 50.6 Å². The van der Waals surface area contributed by atoms with Crippen molar-refractivity contribution in [3.05, 3.63) is 24.3 Å². The lowest BCUT2D eigenvalue weighted by atomic mass is 10.4. The van der Waals surface area contributed by atoms with Crippen LogP contribution in [0.2, 0.25) is 0 Å². The van der Waals surface area contributed by atoms with Crippen LogP contribution in [0.1, 0.15) is 12.8 Å². The Morgan fingerprint density at radius 1 is 1.07 bits per heavy atom. The molecule has 7 nitrogen and oxygen atoms in total. The third-order valence-corrected chi connectivity index (χ3v) is 7.68. The van der Waals surface area contributed by atoms with Crippen molar-refractivity contribution < 1.29 is 17.9 Å². The van der Waals surface area contributed by atoms with Gasteiger partial charge in [0.25, 0.3) is 0 Å². The highest BCUT2D eigenvalue weighted by Gasteiger charge is 2.26. The van der Waals surface area contributed by atoms with E-state index in [4.69, 9.17) is 4.74 Å². The Hall–Kier alpha value is -1.13. The zero-order valence-electron chi connectivity index (χ0n) is 15.4. The van der Waals surface area contributed by atoms with Gasteiger partial charge in [-0.05, 0) is 37.1 Å². The maximum atomic E-state index is 12.5. The molecule has 2 fully saturated rings. The van der Waals surface area contributed by atoms with E-state index >= 15 is 0 Å². The van der Waals surface area contributed by atoms with Crippen LogP contribution in [0.25, 0.3) is 0 Å². The lowest BCUT2D eigenvalue weighted by Gasteiger charge is -2.26. The van der Waals surface area contributed by atoms with Gasteiger partial charge in [0.2, 0.25) is 15.9 Å². The van der Waals surface area contributed by atoms with Crippen molar-refractivity contribution >= 4 is 27.7 Å². The molecule has 3 rings (SSSR count). The molecule has 150 valence electrons. The second-order valence-electron chi connectivity index (χ2n) is 6.68. The molecule has 2 aliphatic heterocycles. The van der Waals surface area contributed by atoms with E-state index in [9.17, 15) is 13.2 Å². The van der Waals surface area contributed by atoms with Gasteiger partial charge in [-0.15, -0.1) is 11.8 Å². The van der Waals surface area contributed by atoms with Crippen LogP contribution >= 0.6 is 11.8 Å². The molecule has 2 heterocycles. The molecule has 0 unspecified atom stereocenters. The van der Waals surface area contributed by atoms with Crippen molar-refractivity contribution in [2.24, 2.45) is 0 Å². The van der Waals surface area contributed by atoms with Gasteiger partial charge in [0.1, 0.15) is 0 Å². The lowest BCUT2D eigenvalue weighted by Crippen LogP contribution is -2.41. The van der Waals surface area contributed by atoms with Gasteiger partial charge < -0.3 is 10.1 Å². The molecule has 27 heavy (non-hydrogen) atoms. The van der Waals surface area contributed by atoms with E-state index in [-0.39, 0.29) is 5.91 Å². The van der Waals surface area contributed by atoms with Crippen molar-refractivity contribution in [2.45, 2.75) is 22.6 Å². The zero-order chi connectivity index (χ0) is 19.1. The molecule has 9 heteroatoms. The van der Waals surface area contributed by atoms with Crippen LogP contribution in [0, 0.1) is 0 Å². The second-order valence-corrected chi connectivity index (χ2v) is 9.66. The van der Waals surface area contributed by atoms with E-state index in [1.807, 2.05) is 0 Å². The fraction of sp³-hybridized carbons (Fsp3) is 0.611. The van der Waals surface area contributed by atoms with E-state index in [1.54, 1.807) is 24.3 Å². The Bertz CT molecular complexity index is 713. The standard InChI is InChI=1S/C18H27N3O4S2/c22-18(19-7-10-20-11-13-25-14-12-20)15-26-16-3-5-17(6-4-16)27(23,24)21-8-1-2-9-21/h3-6H,1-2,7-15H2,(H,19,22). The van der Waals surface area contributed by atoms with Crippen molar-refractivity contribution in [1.29, 1.82) is 0 Å². The average Bonchev–Trinajstić information content (AvgIpc) is 3.23. The number of carbonyl (C=O) groups is 1. The summed E-state index contributed by atoms with van der Waals surface area (Å²) in [5.74, 6) is 0.309. The zero-order valence-corrected chi connectivity index (χ0v) is 17.1. The summed E-state index contributed by atoms with van der Waals surface area (Å²) in [5, 5.41) is 2.93. The molecule has 0 spiro atoms. The number of sulfonamides is 1. The molecular formula is C18H27N3O4S2. The van der Waals surface area contributed by atoms with Crippen molar-refractivity contribution in [2.75, 3.05) is 58.2 Å². The number of hydrogen-bond donors (Lipinski definition) is 1. The Labute approximate surface area is 165 Å². The van der Waals surface area contributed by atoms with Gasteiger partial charge in [-0.1, -0.05) is 0 Å². The number of amides is 1. The van der Waals surface area contributed by atoms with E-state index in [2.05, 4.69) is 10.2 Å². The first-order chi connectivity index (χ1) is 13.1. The van der Waals surface area contributed by atoms with Crippen LogP contribution in [0.15, 0.2) is 34.1 Å². The molecule has 1 aromatic rings. The number of nitrogens with zero attached hydrogens (tertiary/aromatic N) is 2. The Balaban J connectivity index is 1.41. The first-order valence-electron chi connectivity index (χ1n) is 9.35. The molecule has 0 aliphatic carbocycles. The number of morpholine rings is 1. The largest absolute Gasteiger partial charge is 0.379 e. The van der Waals surface area contributed by atoms with Crippen LogP contribution in [-0.4, -0.2) is 81.8 Å². The van der Waals surface area contributed by atoms with Crippen LogP contribution in [0.5, 0.6) is 0 Å². The molecule has 2 aliphatic rings. The van der Waals surface area contributed by atoms with Crippen LogP contribution in [-0.2, 0) is 19.6 Å². The third kappa shape index (κ3) is 5.92. The maximum Gasteiger partial charge on any atom is 0.243 e. The third-order valence-electron chi connectivity index (χ3n) is 4.75. The summed E-state index contributed by atoms with van der Waals surface area (Å²) in [6, 6.07) is 6.81. The molecule has 0 bridgehead atoms. The van der Waals surface area contributed by atoms with E-state index in [1.165, 1.54) is 16.1 Å². The van der Waals surface area contributed by atoms with Crippen molar-refractivity contribution in [3.63, 3.8) is 0 Å². The first-order valence-corrected chi connectivity index (χ1v) is 11.8. The summed E-state index contributed by atoms with van der Waals surface area (Å²) < 4.78 is 31.8. The Morgan fingerprint density at radius 3 is 2.41 bits per heavy atom. The minimum Gasteiger partial charge on any atom is -0.379 e. The summed E-state index contributed by atoms with van der Waals surface area (Å²) >= 11 is 1.41. The van der Waals surface area contributed by atoms with Crippen LogP contribution in [0.4, 0.5) is 0 Å². The summed E-state index contributed by atoms with van der Waals surface area (Å²) in [7, 11) is -3.38. The van der Waals surface area contributed by atoms with E-state index < -0.39 is 10.0 Å². The number of benzene rings is 1. The average molecular weight is 414 g/mol. The Kier molecular flexibility index (Phi) is 7.54. The highest BCUT2D eigenvalue weighted by molar-refractivity contribution is 8.00. The summed E-state index contributed by atoms with van der Waals surface area (Å²) in [6.07, 6.45) is 1.85. The quantitative estimate of drug-likeness (QED) is 0.641. The molecular weight excluding hydrogens is 386 g/mol. The lowest BCUT2D eigenvalue weighted by molar-refractivity contribution is -0.118. The summed E-state index contributed by atoms with van der Waals surface area (Å²) in [5.41, 5.74) is 0. The molecule has 0 atom stereocenters. The smallest absolute Gasteiger partial charge is 0.243 e. The van der Waals surface area contributed by atoms with Gasteiger partial charge in [-0.25, -0.2) is 8.42 Å². The maximum absolute atomic E-state index is 12.5. The Morgan fingerprint density at radius 2 is 1.74 bits per heavy atom. The van der Waals surface area contributed by atoms with Crippen molar-refractivity contribution in [3.8, 4) is 0 Å². The molecule has 2 saturated heterocycles. The molecule has 0 saturated carbocycles. The van der Waals surface area contributed by atoms with Gasteiger partial charge in [0.05, 0.1) is 23.9 Å². The number of carbonyl (C=O) groups excluding carboxylic acids is 1. The number of thioether (sulfide) groups is 1. The van der Waals surface area contributed by atoms with Crippen molar-refractivity contribution in [1.82, 2.24) is 14.5 Å². The van der Waals surface area contributed by atoms with E-state index in [0.29, 0.717) is 30.3 Å². The highest BCUT2D eigenvalue weighted by Crippen LogP contribution is 2.24. The molecule has 0 radical (unpaired) electrons. The molecule has 1 N–H and O–H groups in total. The van der Waals surface area contributed by atoms with Gasteiger partial charge in [-0.3, -0.25) is 9.69 Å². The minimum atomic E-state index is -3.38. The first kappa shape index (κ1) is 20.6. The van der Waals surface area contributed by atoms with Gasteiger partial charge >= 0.3 is 0 Å². The fourth-order valence-corrected chi connectivity index (χ4v) is 5.41. The topological polar surface area (TPSA) is 79.0 Å². The number of ether oxygens (including phenoxy) is 1. The number of hydrogen-bond acceptors (Lipinski definition) is 6. The monoisotopic (exact) mass is 413 g/mol. The highest BCUT2D eigenvalue weighted by atomic mass is 32.2. The second kappa shape index (κ2) is 9.88. The van der Waals surface area contributed by atoms with Gasteiger partial charge in [0.15, 0.2) is 0 Å². The SMILES string of the molecule is O=C(CSc1ccc(S(=O)(=O)N2CCCC2)cc1)NCCN1CCOCC1. The fourth-order valence-electron chi connectivity index (χ4n) is 3.16. The van der Waals surface area contributed by atoms with Gasteiger partial charge in [0, 0.05) is 44.2 Å². The number of rotatable bonds is 8. The predicted octanol–water partition coefficient (Wildman–Crippen LogP) is 1.01. The van der Waals surface area contributed by atoms with Gasteiger partial charge in [-0.2, -0.15) is 4.31 Å². The van der Waals surface area contributed by atoms with Crippen LogP contribution in [0.3, 0.4) is 0 Å². The summed E-state index contributed by atoms with van der Waals surface area (Å²) in [4.78, 5) is 15.5. The molecule has 1 amide bonds. The minimum absolute atomic E-state index is 0.0120. The number of nitrogens with one attached hydrogen (secondary N) is 1. The molecule has 1 aromatic carbocycles.